The Morgan fingerprint density at radius 1 is 1.40 bits per heavy atom. The third-order valence-electron chi connectivity index (χ3n) is 3.40. The van der Waals surface area contributed by atoms with E-state index in [-0.39, 0.29) is 5.54 Å². The number of nitrogens with two attached hydrogens (primary N) is 1. The van der Waals surface area contributed by atoms with Gasteiger partial charge in [0.1, 0.15) is 0 Å². The van der Waals surface area contributed by atoms with Crippen LogP contribution < -0.4 is 5.73 Å². The van der Waals surface area contributed by atoms with E-state index < -0.39 is 0 Å². The summed E-state index contributed by atoms with van der Waals surface area (Å²) in [5.74, 6) is 0.728. The van der Waals surface area contributed by atoms with Crippen molar-refractivity contribution >= 4 is 0 Å². The Balaban J connectivity index is 2.67. The van der Waals surface area contributed by atoms with Crippen LogP contribution in [0.1, 0.15) is 27.7 Å². The molecule has 90 valence electrons. The topological polar surface area (TPSA) is 32.5 Å². The Labute approximate surface area is 94.6 Å². The molecule has 0 aromatic rings. The molecule has 3 nitrogen and oxygen atoms in total. The average Bonchev–Trinajstić information content (AvgIpc) is 2.08. The molecule has 0 bridgehead atoms. The minimum absolute atomic E-state index is 0.282. The van der Waals surface area contributed by atoms with Gasteiger partial charge in [-0.2, -0.15) is 0 Å². The first-order valence-corrected chi connectivity index (χ1v) is 6.02. The van der Waals surface area contributed by atoms with Gasteiger partial charge in [-0.15, -0.1) is 0 Å². The summed E-state index contributed by atoms with van der Waals surface area (Å²) < 4.78 is 0. The fraction of sp³-hybridized carbons (Fsp3) is 1.00. The lowest BCUT2D eigenvalue weighted by Gasteiger charge is -2.50. The van der Waals surface area contributed by atoms with Crippen LogP contribution in [0.15, 0.2) is 0 Å². The van der Waals surface area contributed by atoms with Gasteiger partial charge >= 0.3 is 0 Å². The molecule has 1 aliphatic heterocycles. The van der Waals surface area contributed by atoms with E-state index in [2.05, 4.69) is 44.5 Å². The fourth-order valence-electron chi connectivity index (χ4n) is 2.50. The van der Waals surface area contributed by atoms with Crippen LogP contribution >= 0.6 is 0 Å². The van der Waals surface area contributed by atoms with Crippen LogP contribution in [-0.4, -0.2) is 54.6 Å². The van der Waals surface area contributed by atoms with Gasteiger partial charge in [-0.25, -0.2) is 0 Å². The zero-order chi connectivity index (χ0) is 11.6. The van der Waals surface area contributed by atoms with Gasteiger partial charge in [0.2, 0.25) is 0 Å². The average molecular weight is 213 g/mol. The predicted molar refractivity (Wildman–Crippen MR) is 66.0 cm³/mol. The molecule has 0 radical (unpaired) electrons. The molecule has 1 aliphatic rings. The molecular weight excluding hydrogens is 186 g/mol. The lowest BCUT2D eigenvalue weighted by Crippen LogP contribution is -2.64. The summed E-state index contributed by atoms with van der Waals surface area (Å²) in [5, 5.41) is 0. The Morgan fingerprint density at radius 3 is 2.47 bits per heavy atom. The van der Waals surface area contributed by atoms with Crippen molar-refractivity contribution in [1.29, 1.82) is 0 Å². The first kappa shape index (κ1) is 12.9. The van der Waals surface area contributed by atoms with Crippen LogP contribution in [0.5, 0.6) is 0 Å². The highest BCUT2D eigenvalue weighted by Gasteiger charge is 2.36. The number of hydrogen-bond donors (Lipinski definition) is 1. The van der Waals surface area contributed by atoms with Crippen molar-refractivity contribution in [3.63, 3.8) is 0 Å². The number of nitrogens with zero attached hydrogens (tertiary/aromatic N) is 2. The maximum absolute atomic E-state index is 5.81. The second-order valence-corrected chi connectivity index (χ2v) is 5.92. The molecule has 1 rings (SSSR count). The second-order valence-electron chi connectivity index (χ2n) is 5.92. The van der Waals surface area contributed by atoms with Crippen LogP contribution in [-0.2, 0) is 0 Å². The molecule has 1 saturated heterocycles. The Bertz CT molecular complexity index is 201. The number of piperazine rings is 1. The van der Waals surface area contributed by atoms with Gasteiger partial charge < -0.3 is 5.73 Å². The van der Waals surface area contributed by atoms with Crippen molar-refractivity contribution in [2.24, 2.45) is 11.7 Å². The highest BCUT2D eigenvalue weighted by molar-refractivity contribution is 4.94. The number of hydrogen-bond acceptors (Lipinski definition) is 3. The molecule has 15 heavy (non-hydrogen) atoms. The van der Waals surface area contributed by atoms with Gasteiger partial charge in [-0.3, -0.25) is 9.80 Å². The molecule has 0 aromatic carbocycles. The minimum atomic E-state index is 0.282. The van der Waals surface area contributed by atoms with Crippen LogP contribution in [0.3, 0.4) is 0 Å². The summed E-state index contributed by atoms with van der Waals surface area (Å²) in [5.41, 5.74) is 6.09. The van der Waals surface area contributed by atoms with Crippen LogP contribution in [0.4, 0.5) is 0 Å². The molecule has 0 spiro atoms. The van der Waals surface area contributed by atoms with Gasteiger partial charge in [0.05, 0.1) is 0 Å². The van der Waals surface area contributed by atoms with E-state index in [0.717, 1.165) is 25.6 Å². The third-order valence-corrected chi connectivity index (χ3v) is 3.40. The molecule has 2 N–H and O–H groups in total. The first-order chi connectivity index (χ1) is 6.86. The monoisotopic (exact) mass is 213 g/mol. The SMILES string of the molecule is CC(C)CN1CC(CN)N(C)CC1(C)C. The Kier molecular flexibility index (Phi) is 4.15. The Morgan fingerprint density at radius 2 is 2.00 bits per heavy atom. The van der Waals surface area contributed by atoms with Crippen LogP contribution in [0.2, 0.25) is 0 Å². The second kappa shape index (κ2) is 4.81. The lowest BCUT2D eigenvalue weighted by atomic mass is 9.94. The third kappa shape index (κ3) is 3.16. The van der Waals surface area contributed by atoms with Crippen molar-refractivity contribution < 1.29 is 0 Å². The molecule has 1 unspecified atom stereocenters. The van der Waals surface area contributed by atoms with E-state index in [1.807, 2.05) is 0 Å². The summed E-state index contributed by atoms with van der Waals surface area (Å²) in [4.78, 5) is 4.99. The van der Waals surface area contributed by atoms with Gasteiger partial charge in [-0.05, 0) is 26.8 Å². The van der Waals surface area contributed by atoms with E-state index >= 15 is 0 Å². The minimum Gasteiger partial charge on any atom is -0.329 e. The summed E-state index contributed by atoms with van der Waals surface area (Å²) in [7, 11) is 2.19. The van der Waals surface area contributed by atoms with Crippen molar-refractivity contribution in [3.05, 3.63) is 0 Å². The first-order valence-electron chi connectivity index (χ1n) is 6.02. The highest BCUT2D eigenvalue weighted by atomic mass is 15.3. The van der Waals surface area contributed by atoms with Gasteiger partial charge in [0.25, 0.3) is 0 Å². The molecule has 0 aromatic heterocycles. The van der Waals surface area contributed by atoms with Gasteiger partial charge in [0.15, 0.2) is 0 Å². The smallest absolute Gasteiger partial charge is 0.0343 e. The van der Waals surface area contributed by atoms with Gasteiger partial charge in [0, 0.05) is 37.8 Å². The highest BCUT2D eigenvalue weighted by Crippen LogP contribution is 2.23. The molecule has 1 fully saturated rings. The number of likely N-dealkylation sites (N-methyl/N-ethyl adjacent to an activating group) is 1. The largest absolute Gasteiger partial charge is 0.329 e. The number of rotatable bonds is 3. The van der Waals surface area contributed by atoms with Crippen molar-refractivity contribution in [3.8, 4) is 0 Å². The van der Waals surface area contributed by atoms with Crippen molar-refractivity contribution in [2.45, 2.75) is 39.3 Å². The quantitative estimate of drug-likeness (QED) is 0.759. The molecule has 1 heterocycles. The zero-order valence-corrected chi connectivity index (χ0v) is 11.0. The van der Waals surface area contributed by atoms with E-state index in [1.54, 1.807) is 0 Å². The van der Waals surface area contributed by atoms with Crippen molar-refractivity contribution in [2.75, 3.05) is 33.2 Å². The van der Waals surface area contributed by atoms with E-state index in [1.165, 1.54) is 6.54 Å². The predicted octanol–water partition coefficient (Wildman–Crippen LogP) is 0.996. The van der Waals surface area contributed by atoms with Crippen LogP contribution in [0.25, 0.3) is 0 Å². The van der Waals surface area contributed by atoms with Gasteiger partial charge in [-0.1, -0.05) is 13.8 Å². The Hall–Kier alpha value is -0.120. The van der Waals surface area contributed by atoms with E-state index in [4.69, 9.17) is 5.73 Å². The molecule has 0 amide bonds. The molecular formula is C12H27N3. The molecule has 0 saturated carbocycles. The fourth-order valence-corrected chi connectivity index (χ4v) is 2.50. The molecule has 3 heteroatoms. The summed E-state index contributed by atoms with van der Waals surface area (Å²) in [6, 6.07) is 0.525. The van der Waals surface area contributed by atoms with E-state index in [0.29, 0.717) is 6.04 Å². The zero-order valence-electron chi connectivity index (χ0n) is 11.0. The van der Waals surface area contributed by atoms with E-state index in [9.17, 15) is 0 Å². The molecule has 0 aliphatic carbocycles. The normalized spacial score (nSPS) is 28.6. The van der Waals surface area contributed by atoms with Crippen LogP contribution in [0, 0.1) is 5.92 Å². The standard InChI is InChI=1S/C12H27N3/c1-10(2)7-15-8-11(6-13)14(5)9-12(15,3)4/h10-11H,6-9,13H2,1-5H3. The van der Waals surface area contributed by atoms with Crippen molar-refractivity contribution in [1.82, 2.24) is 9.80 Å². The molecule has 1 atom stereocenters. The maximum atomic E-state index is 5.81. The summed E-state index contributed by atoms with van der Waals surface area (Å²) >= 11 is 0. The lowest BCUT2D eigenvalue weighted by molar-refractivity contribution is -0.00861. The summed E-state index contributed by atoms with van der Waals surface area (Å²) in [6.07, 6.45) is 0. The summed E-state index contributed by atoms with van der Waals surface area (Å²) in [6.45, 7) is 13.4. The maximum Gasteiger partial charge on any atom is 0.0343 e.